The zero-order valence-electron chi connectivity index (χ0n) is 5.70. The monoisotopic (exact) mass is 153 g/mol. The molecule has 0 saturated carbocycles. The summed E-state index contributed by atoms with van der Waals surface area (Å²) in [5.41, 5.74) is 5.21. The van der Waals surface area contributed by atoms with Crippen molar-refractivity contribution in [3.8, 4) is 0 Å². The first-order valence-electron chi connectivity index (χ1n) is 2.80. The SMILES string of the molecule is C=C(C)CC(N)C(F)(F)F. The summed E-state index contributed by atoms with van der Waals surface area (Å²) < 4.78 is 34.9. The van der Waals surface area contributed by atoms with Crippen LogP contribution in [0, 0.1) is 0 Å². The van der Waals surface area contributed by atoms with Gasteiger partial charge >= 0.3 is 6.18 Å². The Morgan fingerprint density at radius 3 is 2.10 bits per heavy atom. The number of hydrogen-bond donors (Lipinski definition) is 1. The van der Waals surface area contributed by atoms with Gasteiger partial charge in [-0.25, -0.2) is 0 Å². The van der Waals surface area contributed by atoms with Crippen LogP contribution < -0.4 is 5.73 Å². The fourth-order valence-corrected chi connectivity index (χ4v) is 0.491. The molecule has 1 nitrogen and oxygen atoms in total. The van der Waals surface area contributed by atoms with Crippen molar-refractivity contribution in [2.75, 3.05) is 0 Å². The second-order valence-corrected chi connectivity index (χ2v) is 2.31. The molecule has 10 heavy (non-hydrogen) atoms. The Labute approximate surface area is 57.7 Å². The van der Waals surface area contributed by atoms with E-state index in [1.54, 1.807) is 0 Å². The lowest BCUT2D eigenvalue weighted by molar-refractivity contribution is -0.147. The van der Waals surface area contributed by atoms with Crippen LogP contribution in [0.15, 0.2) is 12.2 Å². The lowest BCUT2D eigenvalue weighted by atomic mass is 10.1. The van der Waals surface area contributed by atoms with Crippen molar-refractivity contribution in [3.63, 3.8) is 0 Å². The number of rotatable bonds is 2. The van der Waals surface area contributed by atoms with Crippen molar-refractivity contribution < 1.29 is 13.2 Å². The van der Waals surface area contributed by atoms with Gasteiger partial charge in [0.2, 0.25) is 0 Å². The molecule has 0 aliphatic rings. The molecule has 0 fully saturated rings. The van der Waals surface area contributed by atoms with Gasteiger partial charge in [-0.2, -0.15) is 13.2 Å². The molecular formula is C6H10F3N. The van der Waals surface area contributed by atoms with Crippen molar-refractivity contribution >= 4 is 0 Å². The van der Waals surface area contributed by atoms with Crippen LogP contribution in [0.2, 0.25) is 0 Å². The van der Waals surface area contributed by atoms with Crippen LogP contribution in [0.25, 0.3) is 0 Å². The van der Waals surface area contributed by atoms with Crippen LogP contribution in [0.4, 0.5) is 13.2 Å². The zero-order chi connectivity index (χ0) is 8.36. The summed E-state index contributed by atoms with van der Waals surface area (Å²) in [6.07, 6.45) is -4.48. The van der Waals surface area contributed by atoms with Crippen molar-refractivity contribution in [2.45, 2.75) is 25.6 Å². The molecule has 1 unspecified atom stereocenters. The third-order valence-corrected chi connectivity index (χ3v) is 0.989. The average Bonchev–Trinajstić information content (AvgIpc) is 1.60. The summed E-state index contributed by atoms with van der Waals surface area (Å²) in [5.74, 6) is 0. The molecule has 60 valence electrons. The fraction of sp³-hybridized carbons (Fsp3) is 0.667. The van der Waals surface area contributed by atoms with Crippen LogP contribution in [-0.2, 0) is 0 Å². The molecule has 4 heteroatoms. The molecule has 0 aliphatic carbocycles. The summed E-state index contributed by atoms with van der Waals surface area (Å²) in [7, 11) is 0. The maximum absolute atomic E-state index is 11.6. The fourth-order valence-electron chi connectivity index (χ4n) is 0.491. The summed E-state index contributed by atoms with van der Waals surface area (Å²) in [5, 5.41) is 0. The van der Waals surface area contributed by atoms with E-state index < -0.39 is 12.2 Å². The van der Waals surface area contributed by atoms with Crippen molar-refractivity contribution in [2.24, 2.45) is 5.73 Å². The van der Waals surface area contributed by atoms with Crippen LogP contribution >= 0.6 is 0 Å². The Kier molecular flexibility index (Phi) is 2.90. The molecule has 0 saturated heterocycles. The van der Waals surface area contributed by atoms with Crippen molar-refractivity contribution in [3.05, 3.63) is 12.2 Å². The molecule has 0 aromatic heterocycles. The smallest absolute Gasteiger partial charge is 0.320 e. The van der Waals surface area contributed by atoms with Gasteiger partial charge in [-0.05, 0) is 13.3 Å². The third-order valence-electron chi connectivity index (χ3n) is 0.989. The second kappa shape index (κ2) is 3.05. The topological polar surface area (TPSA) is 26.0 Å². The molecule has 0 bridgehead atoms. The van der Waals surface area contributed by atoms with Gasteiger partial charge in [0, 0.05) is 0 Å². The van der Waals surface area contributed by atoms with E-state index in [2.05, 4.69) is 6.58 Å². The van der Waals surface area contributed by atoms with E-state index in [1.165, 1.54) is 6.92 Å². The molecular weight excluding hydrogens is 143 g/mol. The molecule has 0 spiro atoms. The van der Waals surface area contributed by atoms with Gasteiger partial charge in [-0.15, -0.1) is 6.58 Å². The first kappa shape index (κ1) is 9.49. The zero-order valence-corrected chi connectivity index (χ0v) is 5.70. The van der Waals surface area contributed by atoms with E-state index in [1.807, 2.05) is 0 Å². The van der Waals surface area contributed by atoms with Gasteiger partial charge in [0.15, 0.2) is 0 Å². The number of nitrogens with two attached hydrogens (primary N) is 1. The van der Waals surface area contributed by atoms with E-state index in [4.69, 9.17) is 5.73 Å². The highest BCUT2D eigenvalue weighted by atomic mass is 19.4. The van der Waals surface area contributed by atoms with Gasteiger partial charge < -0.3 is 5.73 Å². The maximum Gasteiger partial charge on any atom is 0.403 e. The molecule has 1 atom stereocenters. The second-order valence-electron chi connectivity index (χ2n) is 2.31. The van der Waals surface area contributed by atoms with E-state index >= 15 is 0 Å². The number of alkyl halides is 3. The normalized spacial score (nSPS) is 14.9. The van der Waals surface area contributed by atoms with E-state index in [9.17, 15) is 13.2 Å². The molecule has 0 aliphatic heterocycles. The quantitative estimate of drug-likeness (QED) is 0.602. The predicted octanol–water partition coefficient (Wildman–Crippen LogP) is 1.84. The minimum Gasteiger partial charge on any atom is -0.320 e. The lowest BCUT2D eigenvalue weighted by Gasteiger charge is -2.14. The third kappa shape index (κ3) is 3.50. The first-order chi connectivity index (χ1) is 4.34. The summed E-state index contributed by atoms with van der Waals surface area (Å²) in [4.78, 5) is 0. The van der Waals surface area contributed by atoms with Crippen LogP contribution in [0.3, 0.4) is 0 Å². The predicted molar refractivity (Wildman–Crippen MR) is 33.5 cm³/mol. The Balaban J connectivity index is 3.85. The Morgan fingerprint density at radius 2 is 2.00 bits per heavy atom. The summed E-state index contributed by atoms with van der Waals surface area (Å²) in [6.45, 7) is 4.85. The minimum atomic E-state index is -4.29. The van der Waals surface area contributed by atoms with E-state index in [0.717, 1.165) is 0 Å². The van der Waals surface area contributed by atoms with Gasteiger partial charge in [-0.1, -0.05) is 5.57 Å². The van der Waals surface area contributed by atoms with Crippen molar-refractivity contribution in [1.29, 1.82) is 0 Å². The van der Waals surface area contributed by atoms with E-state index in [-0.39, 0.29) is 6.42 Å². The first-order valence-corrected chi connectivity index (χ1v) is 2.80. The molecule has 2 N–H and O–H groups in total. The van der Waals surface area contributed by atoms with Crippen molar-refractivity contribution in [1.82, 2.24) is 0 Å². The molecule has 0 amide bonds. The molecule has 0 aromatic carbocycles. The van der Waals surface area contributed by atoms with E-state index in [0.29, 0.717) is 5.57 Å². The van der Waals surface area contributed by atoms with Gasteiger partial charge in [0.05, 0.1) is 0 Å². The highest BCUT2D eigenvalue weighted by molar-refractivity contribution is 4.93. The van der Waals surface area contributed by atoms with Gasteiger partial charge in [-0.3, -0.25) is 0 Å². The molecule has 0 radical (unpaired) electrons. The van der Waals surface area contributed by atoms with Gasteiger partial charge in [0.1, 0.15) is 6.04 Å². The highest BCUT2D eigenvalue weighted by Crippen LogP contribution is 2.22. The Bertz CT molecular complexity index is 127. The van der Waals surface area contributed by atoms with Crippen LogP contribution in [0.5, 0.6) is 0 Å². The lowest BCUT2D eigenvalue weighted by Crippen LogP contribution is -2.37. The molecule has 0 aromatic rings. The van der Waals surface area contributed by atoms with Crippen LogP contribution in [0.1, 0.15) is 13.3 Å². The highest BCUT2D eigenvalue weighted by Gasteiger charge is 2.36. The Hall–Kier alpha value is -0.510. The summed E-state index contributed by atoms with van der Waals surface area (Å²) in [6, 6.07) is -1.76. The minimum absolute atomic E-state index is 0.191. The molecule has 0 rings (SSSR count). The van der Waals surface area contributed by atoms with Crippen LogP contribution in [-0.4, -0.2) is 12.2 Å². The number of halogens is 3. The number of hydrogen-bond acceptors (Lipinski definition) is 1. The average molecular weight is 153 g/mol. The Morgan fingerprint density at radius 1 is 1.60 bits per heavy atom. The standard InChI is InChI=1S/C6H10F3N/c1-4(2)3-5(10)6(7,8)9/h5H,1,3,10H2,2H3. The largest absolute Gasteiger partial charge is 0.403 e. The maximum atomic E-state index is 11.6. The molecule has 0 heterocycles. The van der Waals surface area contributed by atoms with Gasteiger partial charge in [0.25, 0.3) is 0 Å². The summed E-state index contributed by atoms with van der Waals surface area (Å²) >= 11 is 0.